The number of benzene rings is 1. The van der Waals surface area contributed by atoms with Gasteiger partial charge in [-0.15, -0.1) is 0 Å². The predicted molar refractivity (Wildman–Crippen MR) is 67.8 cm³/mol. The van der Waals surface area contributed by atoms with Crippen LogP contribution >= 0.6 is 11.8 Å². The van der Waals surface area contributed by atoms with Crippen LogP contribution in [0.25, 0.3) is 11.0 Å². The van der Waals surface area contributed by atoms with Gasteiger partial charge in [-0.3, -0.25) is 0 Å². The van der Waals surface area contributed by atoms with Crippen LogP contribution in [0.1, 0.15) is 12.8 Å². The molecule has 0 saturated carbocycles. The van der Waals surface area contributed by atoms with Gasteiger partial charge >= 0.3 is 0 Å². The molecule has 2 aromatic rings. The summed E-state index contributed by atoms with van der Waals surface area (Å²) in [5.74, 6) is 0. The summed E-state index contributed by atoms with van der Waals surface area (Å²) in [6.45, 7) is 2.26. The highest BCUT2D eigenvalue weighted by Crippen LogP contribution is 2.26. The molecule has 0 radical (unpaired) electrons. The number of para-hydroxylation sites is 2. The first-order valence-electron chi connectivity index (χ1n) is 5.74. The fourth-order valence-corrected chi connectivity index (χ4v) is 3.18. The molecule has 1 atom stereocenters. The predicted octanol–water partition coefficient (Wildman–Crippen LogP) is 2.41. The maximum atomic E-state index is 4.59. The summed E-state index contributed by atoms with van der Waals surface area (Å²) in [7, 11) is 0. The van der Waals surface area contributed by atoms with Crippen LogP contribution in [0, 0.1) is 0 Å². The number of hydrogen-bond acceptors (Lipinski definition) is 3. The molecular weight excluding hydrogens is 218 g/mol. The van der Waals surface area contributed by atoms with Gasteiger partial charge in [-0.05, 0) is 31.5 Å². The number of hydrogen-bond donors (Lipinski definition) is 2. The molecule has 3 nitrogen and oxygen atoms in total. The molecule has 1 unspecified atom stereocenters. The fraction of sp³-hybridized carbons (Fsp3) is 0.417. The van der Waals surface area contributed by atoms with Gasteiger partial charge in [-0.2, -0.15) is 0 Å². The lowest BCUT2D eigenvalue weighted by atomic mass is 10.2. The van der Waals surface area contributed by atoms with E-state index >= 15 is 0 Å². The molecule has 0 amide bonds. The van der Waals surface area contributed by atoms with E-state index in [9.17, 15) is 0 Å². The zero-order chi connectivity index (χ0) is 10.8. The molecule has 0 bridgehead atoms. The number of rotatable bonds is 2. The minimum Gasteiger partial charge on any atom is -0.333 e. The third kappa shape index (κ3) is 2.08. The lowest BCUT2D eigenvalue weighted by Crippen LogP contribution is -2.31. The van der Waals surface area contributed by atoms with Crippen LogP contribution in [-0.2, 0) is 0 Å². The molecule has 84 valence electrons. The molecule has 1 fully saturated rings. The van der Waals surface area contributed by atoms with Crippen LogP contribution in [0.4, 0.5) is 0 Å². The minimum absolute atomic E-state index is 0.661. The lowest BCUT2D eigenvalue weighted by molar-refractivity contribution is 0.531. The summed E-state index contributed by atoms with van der Waals surface area (Å²) in [6.07, 6.45) is 2.56. The quantitative estimate of drug-likeness (QED) is 0.837. The number of thioether (sulfide) groups is 1. The van der Waals surface area contributed by atoms with Crippen LogP contribution in [0.5, 0.6) is 0 Å². The van der Waals surface area contributed by atoms with Gasteiger partial charge in [-0.1, -0.05) is 23.9 Å². The normalized spacial score (nSPS) is 21.4. The number of aromatic amines is 1. The maximum Gasteiger partial charge on any atom is 0.166 e. The van der Waals surface area contributed by atoms with E-state index in [0.717, 1.165) is 29.3 Å². The van der Waals surface area contributed by atoms with Crippen molar-refractivity contribution >= 4 is 22.8 Å². The Morgan fingerprint density at radius 3 is 3.06 bits per heavy atom. The van der Waals surface area contributed by atoms with E-state index < -0.39 is 0 Å². The summed E-state index contributed by atoms with van der Waals surface area (Å²) < 4.78 is 0. The van der Waals surface area contributed by atoms with Crippen molar-refractivity contribution in [2.24, 2.45) is 0 Å². The lowest BCUT2D eigenvalue weighted by Gasteiger charge is -2.20. The Morgan fingerprint density at radius 2 is 2.25 bits per heavy atom. The van der Waals surface area contributed by atoms with Crippen LogP contribution in [0.2, 0.25) is 0 Å². The third-order valence-corrected chi connectivity index (χ3v) is 4.05. The number of piperidine rings is 1. The van der Waals surface area contributed by atoms with Crippen LogP contribution < -0.4 is 5.32 Å². The molecule has 1 aromatic heterocycles. The fourth-order valence-electron chi connectivity index (χ4n) is 2.06. The molecule has 2 N–H and O–H groups in total. The molecule has 1 aliphatic rings. The summed E-state index contributed by atoms with van der Waals surface area (Å²) in [5.41, 5.74) is 2.20. The van der Waals surface area contributed by atoms with Gasteiger partial charge in [0.15, 0.2) is 5.16 Å². The van der Waals surface area contributed by atoms with Crippen LogP contribution in [0.15, 0.2) is 29.4 Å². The third-order valence-electron chi connectivity index (χ3n) is 2.90. The number of nitrogens with one attached hydrogen (secondary N) is 2. The number of fused-ring (bicyclic) bond motifs is 1. The van der Waals surface area contributed by atoms with Crippen LogP contribution in [-0.4, -0.2) is 28.3 Å². The smallest absolute Gasteiger partial charge is 0.166 e. The average molecular weight is 233 g/mol. The van der Waals surface area contributed by atoms with E-state index in [1.54, 1.807) is 0 Å². The largest absolute Gasteiger partial charge is 0.333 e. The number of aromatic nitrogens is 2. The Labute approximate surface area is 99.0 Å². The van der Waals surface area contributed by atoms with Crippen molar-refractivity contribution in [2.75, 3.05) is 13.1 Å². The van der Waals surface area contributed by atoms with E-state index in [1.807, 2.05) is 23.9 Å². The first-order chi connectivity index (χ1) is 7.92. The molecule has 1 aromatic carbocycles. The Hall–Kier alpha value is -1.00. The van der Waals surface area contributed by atoms with E-state index in [1.165, 1.54) is 12.8 Å². The van der Waals surface area contributed by atoms with Crippen molar-refractivity contribution in [1.29, 1.82) is 0 Å². The molecule has 0 aliphatic carbocycles. The summed E-state index contributed by atoms with van der Waals surface area (Å²) >= 11 is 1.86. The van der Waals surface area contributed by atoms with Crippen molar-refractivity contribution in [3.05, 3.63) is 24.3 Å². The van der Waals surface area contributed by atoms with E-state index in [-0.39, 0.29) is 0 Å². The summed E-state index contributed by atoms with van der Waals surface area (Å²) in [5, 5.41) is 5.14. The Morgan fingerprint density at radius 1 is 1.31 bits per heavy atom. The standard InChI is InChI=1S/C12H15N3S/c1-2-6-11-10(5-1)14-12(15-11)16-9-4-3-7-13-8-9/h1-2,5-6,9,13H,3-4,7-8H2,(H,14,15). The highest BCUT2D eigenvalue weighted by atomic mass is 32.2. The van der Waals surface area contributed by atoms with Crippen molar-refractivity contribution < 1.29 is 0 Å². The molecule has 0 spiro atoms. The monoisotopic (exact) mass is 233 g/mol. The topological polar surface area (TPSA) is 40.7 Å². The van der Waals surface area contributed by atoms with Gasteiger partial charge in [-0.25, -0.2) is 4.98 Å². The van der Waals surface area contributed by atoms with E-state index in [4.69, 9.17) is 0 Å². The highest BCUT2D eigenvalue weighted by molar-refractivity contribution is 7.99. The molecule has 1 aliphatic heterocycles. The van der Waals surface area contributed by atoms with E-state index in [0.29, 0.717) is 5.25 Å². The summed E-state index contributed by atoms with van der Waals surface area (Å²) in [6, 6.07) is 8.19. The zero-order valence-electron chi connectivity index (χ0n) is 9.07. The Balaban J connectivity index is 1.78. The molecule has 2 heterocycles. The number of H-pyrrole nitrogens is 1. The Kier molecular flexibility index (Phi) is 2.84. The minimum atomic E-state index is 0.661. The van der Waals surface area contributed by atoms with E-state index in [2.05, 4.69) is 27.4 Å². The second-order valence-corrected chi connectivity index (χ2v) is 5.43. The van der Waals surface area contributed by atoms with Crippen molar-refractivity contribution in [3.8, 4) is 0 Å². The first-order valence-corrected chi connectivity index (χ1v) is 6.62. The van der Waals surface area contributed by atoms with Gasteiger partial charge < -0.3 is 10.3 Å². The molecule has 16 heavy (non-hydrogen) atoms. The van der Waals surface area contributed by atoms with Gasteiger partial charge in [0.1, 0.15) is 0 Å². The summed E-state index contributed by atoms with van der Waals surface area (Å²) in [4.78, 5) is 7.95. The van der Waals surface area contributed by atoms with Gasteiger partial charge in [0.2, 0.25) is 0 Å². The Bertz CT molecular complexity index is 441. The average Bonchev–Trinajstić information content (AvgIpc) is 2.72. The number of nitrogens with zero attached hydrogens (tertiary/aromatic N) is 1. The maximum absolute atomic E-state index is 4.59. The van der Waals surface area contributed by atoms with Crippen molar-refractivity contribution in [2.45, 2.75) is 23.2 Å². The molecular formula is C12H15N3S. The first kappa shape index (κ1) is 10.2. The van der Waals surface area contributed by atoms with Gasteiger partial charge in [0.05, 0.1) is 11.0 Å². The van der Waals surface area contributed by atoms with Crippen molar-refractivity contribution in [3.63, 3.8) is 0 Å². The van der Waals surface area contributed by atoms with Gasteiger partial charge in [0.25, 0.3) is 0 Å². The molecule has 4 heteroatoms. The second-order valence-electron chi connectivity index (χ2n) is 4.15. The highest BCUT2D eigenvalue weighted by Gasteiger charge is 2.15. The molecule has 3 rings (SSSR count). The zero-order valence-corrected chi connectivity index (χ0v) is 9.89. The van der Waals surface area contributed by atoms with Crippen molar-refractivity contribution in [1.82, 2.24) is 15.3 Å². The SMILES string of the molecule is c1ccc2[nH]c(SC3CCCNC3)nc2c1. The number of imidazole rings is 1. The second kappa shape index (κ2) is 4.47. The van der Waals surface area contributed by atoms with Crippen LogP contribution in [0.3, 0.4) is 0 Å². The molecule has 1 saturated heterocycles. The van der Waals surface area contributed by atoms with Gasteiger partial charge in [0, 0.05) is 11.8 Å².